The molecule has 0 bridgehead atoms. The van der Waals surface area contributed by atoms with Crippen LogP contribution in [0.1, 0.15) is 45.4 Å². The van der Waals surface area contributed by atoms with E-state index in [2.05, 4.69) is 37.3 Å². The first kappa shape index (κ1) is 12.6. The lowest BCUT2D eigenvalue weighted by molar-refractivity contribution is 0.0745. The fraction of sp³-hybridized carbons (Fsp3) is 0.625. The lowest BCUT2D eigenvalue weighted by Gasteiger charge is -2.30. The Morgan fingerprint density at radius 3 is 2.59 bits per heavy atom. The third-order valence-electron chi connectivity index (χ3n) is 4.16. The second-order valence-electron chi connectivity index (χ2n) is 5.37. The fourth-order valence-electron chi connectivity index (χ4n) is 3.00. The SMILES string of the molecule is COC1(C=C(C)C2CCCCC2)C=CC=CC1. The van der Waals surface area contributed by atoms with Crippen molar-refractivity contribution in [1.82, 2.24) is 0 Å². The Hall–Kier alpha value is -0.820. The largest absolute Gasteiger partial charge is 0.370 e. The van der Waals surface area contributed by atoms with Crippen molar-refractivity contribution in [3.8, 4) is 0 Å². The van der Waals surface area contributed by atoms with E-state index in [9.17, 15) is 0 Å². The van der Waals surface area contributed by atoms with Gasteiger partial charge in [0.15, 0.2) is 0 Å². The molecule has 0 aromatic heterocycles. The molecular weight excluding hydrogens is 208 g/mol. The summed E-state index contributed by atoms with van der Waals surface area (Å²) >= 11 is 0. The molecule has 0 radical (unpaired) electrons. The van der Waals surface area contributed by atoms with Gasteiger partial charge >= 0.3 is 0 Å². The Morgan fingerprint density at radius 1 is 1.24 bits per heavy atom. The molecule has 1 fully saturated rings. The number of hydrogen-bond acceptors (Lipinski definition) is 1. The van der Waals surface area contributed by atoms with Crippen LogP contribution in [0.3, 0.4) is 0 Å². The van der Waals surface area contributed by atoms with Gasteiger partial charge in [-0.3, -0.25) is 0 Å². The lowest BCUT2D eigenvalue weighted by Crippen LogP contribution is -2.27. The van der Waals surface area contributed by atoms with E-state index >= 15 is 0 Å². The van der Waals surface area contributed by atoms with E-state index in [0.717, 1.165) is 12.3 Å². The average Bonchev–Trinajstić information content (AvgIpc) is 2.41. The van der Waals surface area contributed by atoms with Crippen LogP contribution in [-0.2, 0) is 4.74 Å². The monoisotopic (exact) mass is 232 g/mol. The van der Waals surface area contributed by atoms with Gasteiger partial charge in [-0.15, -0.1) is 0 Å². The highest BCUT2D eigenvalue weighted by Crippen LogP contribution is 2.33. The van der Waals surface area contributed by atoms with Crippen LogP contribution >= 0.6 is 0 Å². The third-order valence-corrected chi connectivity index (χ3v) is 4.16. The molecule has 0 aliphatic heterocycles. The Balaban J connectivity index is 2.10. The molecule has 0 amide bonds. The molecule has 2 rings (SSSR count). The Bertz CT molecular complexity index is 331. The summed E-state index contributed by atoms with van der Waals surface area (Å²) in [6.07, 6.45) is 18.8. The van der Waals surface area contributed by atoms with E-state index in [4.69, 9.17) is 4.74 Å². The number of ether oxygens (including phenoxy) is 1. The van der Waals surface area contributed by atoms with Crippen molar-refractivity contribution in [2.45, 2.75) is 51.0 Å². The van der Waals surface area contributed by atoms with Gasteiger partial charge in [-0.2, -0.15) is 0 Å². The van der Waals surface area contributed by atoms with Crippen molar-refractivity contribution in [2.24, 2.45) is 5.92 Å². The normalized spacial score (nSPS) is 30.8. The number of rotatable bonds is 3. The molecule has 1 saturated carbocycles. The van der Waals surface area contributed by atoms with Crippen LogP contribution in [0.25, 0.3) is 0 Å². The Kier molecular flexibility index (Phi) is 4.22. The first-order valence-corrected chi connectivity index (χ1v) is 6.85. The van der Waals surface area contributed by atoms with Gasteiger partial charge in [0.05, 0.1) is 0 Å². The van der Waals surface area contributed by atoms with Crippen LogP contribution in [-0.4, -0.2) is 12.7 Å². The summed E-state index contributed by atoms with van der Waals surface area (Å²) in [5.41, 5.74) is 1.34. The molecule has 17 heavy (non-hydrogen) atoms. The summed E-state index contributed by atoms with van der Waals surface area (Å²) in [6.45, 7) is 2.28. The molecule has 0 N–H and O–H groups in total. The van der Waals surface area contributed by atoms with Crippen molar-refractivity contribution in [1.29, 1.82) is 0 Å². The zero-order valence-electron chi connectivity index (χ0n) is 11.1. The molecular formula is C16H24O. The summed E-state index contributed by atoms with van der Waals surface area (Å²) < 4.78 is 5.73. The Morgan fingerprint density at radius 2 is 2.00 bits per heavy atom. The minimum atomic E-state index is -0.184. The van der Waals surface area contributed by atoms with Crippen molar-refractivity contribution in [3.63, 3.8) is 0 Å². The predicted octanol–water partition coefficient (Wildman–Crippen LogP) is 4.41. The van der Waals surface area contributed by atoms with Crippen molar-refractivity contribution in [2.75, 3.05) is 7.11 Å². The van der Waals surface area contributed by atoms with E-state index in [-0.39, 0.29) is 5.60 Å². The van der Waals surface area contributed by atoms with Gasteiger partial charge < -0.3 is 4.74 Å². The van der Waals surface area contributed by atoms with Crippen LogP contribution in [0.15, 0.2) is 36.0 Å². The van der Waals surface area contributed by atoms with Gasteiger partial charge in [0.1, 0.15) is 5.60 Å². The molecule has 2 aliphatic carbocycles. The molecule has 0 saturated heterocycles. The second kappa shape index (κ2) is 5.68. The molecule has 0 aromatic rings. The van der Waals surface area contributed by atoms with Gasteiger partial charge in [0.25, 0.3) is 0 Å². The van der Waals surface area contributed by atoms with Gasteiger partial charge in [-0.05, 0) is 37.8 Å². The van der Waals surface area contributed by atoms with Crippen molar-refractivity contribution in [3.05, 3.63) is 36.0 Å². The van der Waals surface area contributed by atoms with Crippen LogP contribution < -0.4 is 0 Å². The quantitative estimate of drug-likeness (QED) is 0.655. The smallest absolute Gasteiger partial charge is 0.108 e. The van der Waals surface area contributed by atoms with Gasteiger partial charge in [0.2, 0.25) is 0 Å². The number of allylic oxidation sites excluding steroid dienone is 3. The first-order chi connectivity index (χ1) is 8.26. The van der Waals surface area contributed by atoms with Gasteiger partial charge in [-0.1, -0.05) is 43.1 Å². The number of hydrogen-bond donors (Lipinski definition) is 0. The Labute approximate surface area is 105 Å². The standard InChI is InChI=1S/C16H24O/c1-14(15-9-5-3-6-10-15)13-16(17-2)11-7-4-8-12-16/h4,7-8,11,13,15H,3,5-6,9-10,12H2,1-2H3. The molecule has 1 unspecified atom stereocenters. The van der Waals surface area contributed by atoms with Crippen molar-refractivity contribution < 1.29 is 4.74 Å². The van der Waals surface area contributed by atoms with E-state index in [1.165, 1.54) is 37.7 Å². The summed E-state index contributed by atoms with van der Waals surface area (Å²) in [5.74, 6) is 0.787. The second-order valence-corrected chi connectivity index (χ2v) is 5.37. The van der Waals surface area contributed by atoms with E-state index in [1.54, 1.807) is 0 Å². The van der Waals surface area contributed by atoms with Crippen LogP contribution in [0.5, 0.6) is 0 Å². The maximum Gasteiger partial charge on any atom is 0.108 e. The molecule has 1 heteroatoms. The maximum atomic E-state index is 5.73. The first-order valence-electron chi connectivity index (χ1n) is 6.85. The molecule has 1 nitrogen and oxygen atoms in total. The zero-order chi connectivity index (χ0) is 12.1. The van der Waals surface area contributed by atoms with E-state index in [1.807, 2.05) is 7.11 Å². The van der Waals surface area contributed by atoms with Crippen molar-refractivity contribution >= 4 is 0 Å². The fourth-order valence-corrected chi connectivity index (χ4v) is 3.00. The summed E-state index contributed by atoms with van der Waals surface area (Å²) in [7, 11) is 1.81. The molecule has 94 valence electrons. The summed E-state index contributed by atoms with van der Waals surface area (Å²) in [5, 5.41) is 0. The predicted molar refractivity (Wildman–Crippen MR) is 73.0 cm³/mol. The topological polar surface area (TPSA) is 9.23 Å². The molecule has 0 aromatic carbocycles. The van der Waals surface area contributed by atoms with Gasteiger partial charge in [0, 0.05) is 13.5 Å². The molecule has 1 atom stereocenters. The highest BCUT2D eigenvalue weighted by molar-refractivity contribution is 5.28. The summed E-state index contributed by atoms with van der Waals surface area (Å²) in [4.78, 5) is 0. The molecule has 2 aliphatic rings. The van der Waals surface area contributed by atoms with Crippen LogP contribution in [0.2, 0.25) is 0 Å². The van der Waals surface area contributed by atoms with Gasteiger partial charge in [-0.25, -0.2) is 0 Å². The highest BCUT2D eigenvalue weighted by atomic mass is 16.5. The van der Waals surface area contributed by atoms with E-state index in [0.29, 0.717) is 0 Å². The lowest BCUT2D eigenvalue weighted by atomic mass is 9.81. The molecule has 0 spiro atoms. The zero-order valence-corrected chi connectivity index (χ0v) is 11.1. The highest BCUT2D eigenvalue weighted by Gasteiger charge is 2.25. The maximum absolute atomic E-state index is 5.73. The average molecular weight is 232 g/mol. The molecule has 0 heterocycles. The summed E-state index contributed by atoms with van der Waals surface area (Å²) in [6, 6.07) is 0. The minimum absolute atomic E-state index is 0.184. The minimum Gasteiger partial charge on any atom is -0.370 e. The third kappa shape index (κ3) is 3.10. The van der Waals surface area contributed by atoms with E-state index < -0.39 is 0 Å². The number of methoxy groups -OCH3 is 1. The van der Waals surface area contributed by atoms with Crippen LogP contribution in [0.4, 0.5) is 0 Å². The van der Waals surface area contributed by atoms with Crippen LogP contribution in [0, 0.1) is 5.92 Å².